The van der Waals surface area contributed by atoms with Crippen molar-refractivity contribution >= 4 is 0 Å². The standard InChI is InChI=1S/C19H26N2O/c1-21(13-12-16-8-4-2-5-9-16)15-19(22)18(20)14-17-10-6-3-7-11-17/h2-11,18-19,22H,12-15,20H2,1H3. The topological polar surface area (TPSA) is 49.5 Å². The average Bonchev–Trinajstić information content (AvgIpc) is 2.55. The van der Waals surface area contributed by atoms with E-state index in [0.717, 1.165) is 13.0 Å². The van der Waals surface area contributed by atoms with Crippen molar-refractivity contribution < 1.29 is 5.11 Å². The Morgan fingerprint density at radius 1 is 0.955 bits per heavy atom. The van der Waals surface area contributed by atoms with Gasteiger partial charge in [0.15, 0.2) is 0 Å². The third kappa shape index (κ3) is 5.60. The summed E-state index contributed by atoms with van der Waals surface area (Å²) in [6, 6.07) is 20.2. The molecule has 0 saturated carbocycles. The Bertz CT molecular complexity index is 530. The van der Waals surface area contributed by atoms with Gasteiger partial charge in [-0.3, -0.25) is 0 Å². The smallest absolute Gasteiger partial charge is 0.0820 e. The van der Waals surface area contributed by atoms with Gasteiger partial charge in [-0.05, 0) is 31.0 Å². The Morgan fingerprint density at radius 2 is 1.50 bits per heavy atom. The SMILES string of the molecule is CN(CCc1ccccc1)CC(O)C(N)Cc1ccccc1. The van der Waals surface area contributed by atoms with E-state index in [1.807, 2.05) is 43.4 Å². The van der Waals surface area contributed by atoms with E-state index in [-0.39, 0.29) is 6.04 Å². The molecule has 118 valence electrons. The number of nitrogens with two attached hydrogens (primary N) is 1. The van der Waals surface area contributed by atoms with Crippen LogP contribution in [-0.2, 0) is 12.8 Å². The molecule has 22 heavy (non-hydrogen) atoms. The number of nitrogens with zero attached hydrogens (tertiary/aromatic N) is 1. The van der Waals surface area contributed by atoms with Crippen LogP contribution in [0.4, 0.5) is 0 Å². The maximum Gasteiger partial charge on any atom is 0.0820 e. The van der Waals surface area contributed by atoms with Gasteiger partial charge in [0, 0.05) is 19.1 Å². The molecule has 0 spiro atoms. The Hall–Kier alpha value is -1.68. The predicted octanol–water partition coefficient (Wildman–Crippen LogP) is 2.09. The van der Waals surface area contributed by atoms with Crippen LogP contribution in [0, 0.1) is 0 Å². The normalized spacial score (nSPS) is 14.0. The number of hydrogen-bond acceptors (Lipinski definition) is 3. The molecule has 2 rings (SSSR count). The summed E-state index contributed by atoms with van der Waals surface area (Å²) in [5, 5.41) is 10.3. The highest BCUT2D eigenvalue weighted by atomic mass is 16.3. The highest BCUT2D eigenvalue weighted by Gasteiger charge is 2.17. The largest absolute Gasteiger partial charge is 0.390 e. The fraction of sp³-hybridized carbons (Fsp3) is 0.368. The van der Waals surface area contributed by atoms with E-state index in [9.17, 15) is 5.11 Å². The summed E-state index contributed by atoms with van der Waals surface area (Å²) in [5.74, 6) is 0. The van der Waals surface area contributed by atoms with Crippen LogP contribution in [0.3, 0.4) is 0 Å². The van der Waals surface area contributed by atoms with E-state index in [1.54, 1.807) is 0 Å². The molecular formula is C19H26N2O. The quantitative estimate of drug-likeness (QED) is 0.784. The van der Waals surface area contributed by atoms with E-state index in [0.29, 0.717) is 13.0 Å². The van der Waals surface area contributed by atoms with Gasteiger partial charge in [0.1, 0.15) is 0 Å². The molecule has 0 fully saturated rings. The van der Waals surface area contributed by atoms with Crippen molar-refractivity contribution in [3.05, 3.63) is 71.8 Å². The monoisotopic (exact) mass is 298 g/mol. The van der Waals surface area contributed by atoms with Crippen molar-refractivity contribution in [2.75, 3.05) is 20.1 Å². The number of likely N-dealkylation sites (N-methyl/N-ethyl adjacent to an activating group) is 1. The third-order valence-corrected chi connectivity index (χ3v) is 3.93. The predicted molar refractivity (Wildman–Crippen MR) is 91.8 cm³/mol. The molecule has 2 atom stereocenters. The Kier molecular flexibility index (Phi) is 6.59. The highest BCUT2D eigenvalue weighted by molar-refractivity contribution is 5.16. The molecule has 0 heterocycles. The lowest BCUT2D eigenvalue weighted by Crippen LogP contribution is -2.44. The van der Waals surface area contributed by atoms with Gasteiger partial charge in [0.05, 0.1) is 6.10 Å². The summed E-state index contributed by atoms with van der Waals surface area (Å²) in [6.45, 7) is 1.51. The van der Waals surface area contributed by atoms with Crippen LogP contribution in [0.1, 0.15) is 11.1 Å². The maximum atomic E-state index is 10.3. The lowest BCUT2D eigenvalue weighted by Gasteiger charge is -2.25. The summed E-state index contributed by atoms with van der Waals surface area (Å²) in [7, 11) is 2.03. The number of aliphatic hydroxyl groups excluding tert-OH is 1. The average molecular weight is 298 g/mol. The van der Waals surface area contributed by atoms with Crippen LogP contribution in [-0.4, -0.2) is 42.3 Å². The van der Waals surface area contributed by atoms with Crippen LogP contribution in [0.2, 0.25) is 0 Å². The zero-order chi connectivity index (χ0) is 15.8. The first-order chi connectivity index (χ1) is 10.6. The Labute approximate surface area is 133 Å². The van der Waals surface area contributed by atoms with Crippen LogP contribution >= 0.6 is 0 Å². The fourth-order valence-electron chi connectivity index (χ4n) is 2.53. The molecule has 2 unspecified atom stereocenters. The second kappa shape index (κ2) is 8.69. The molecule has 2 aromatic carbocycles. The van der Waals surface area contributed by atoms with Crippen LogP contribution in [0.25, 0.3) is 0 Å². The first-order valence-electron chi connectivity index (χ1n) is 7.85. The molecule has 0 amide bonds. The molecule has 0 aliphatic rings. The van der Waals surface area contributed by atoms with Gasteiger partial charge in [0.25, 0.3) is 0 Å². The lowest BCUT2D eigenvalue weighted by atomic mass is 10.0. The number of hydrogen-bond donors (Lipinski definition) is 2. The zero-order valence-corrected chi connectivity index (χ0v) is 13.2. The second-order valence-corrected chi connectivity index (χ2v) is 5.92. The van der Waals surface area contributed by atoms with Gasteiger partial charge < -0.3 is 15.7 Å². The molecular weight excluding hydrogens is 272 g/mol. The lowest BCUT2D eigenvalue weighted by molar-refractivity contribution is 0.102. The maximum absolute atomic E-state index is 10.3. The van der Waals surface area contributed by atoms with Crippen molar-refractivity contribution in [1.29, 1.82) is 0 Å². The van der Waals surface area contributed by atoms with Crippen molar-refractivity contribution in [2.24, 2.45) is 5.73 Å². The summed E-state index contributed by atoms with van der Waals surface area (Å²) in [4.78, 5) is 2.14. The first-order valence-corrected chi connectivity index (χ1v) is 7.85. The molecule has 0 aromatic heterocycles. The molecule has 3 nitrogen and oxygen atoms in total. The van der Waals surface area contributed by atoms with Crippen molar-refractivity contribution in [3.8, 4) is 0 Å². The number of rotatable bonds is 8. The highest BCUT2D eigenvalue weighted by Crippen LogP contribution is 2.06. The Balaban J connectivity index is 1.74. The zero-order valence-electron chi connectivity index (χ0n) is 13.2. The van der Waals surface area contributed by atoms with Gasteiger partial charge in [-0.15, -0.1) is 0 Å². The van der Waals surface area contributed by atoms with E-state index in [4.69, 9.17) is 5.73 Å². The molecule has 3 heteroatoms. The Morgan fingerprint density at radius 3 is 2.09 bits per heavy atom. The molecule has 0 bridgehead atoms. The molecule has 2 aromatic rings. The number of benzene rings is 2. The fourth-order valence-corrected chi connectivity index (χ4v) is 2.53. The third-order valence-electron chi connectivity index (χ3n) is 3.93. The summed E-state index contributed by atoms with van der Waals surface area (Å²) in [5.41, 5.74) is 8.61. The first kappa shape index (κ1) is 16.7. The van der Waals surface area contributed by atoms with Gasteiger partial charge in [-0.25, -0.2) is 0 Å². The molecule has 0 radical (unpaired) electrons. The second-order valence-electron chi connectivity index (χ2n) is 5.92. The van der Waals surface area contributed by atoms with E-state index >= 15 is 0 Å². The van der Waals surface area contributed by atoms with E-state index < -0.39 is 6.10 Å². The van der Waals surface area contributed by atoms with Crippen molar-refractivity contribution in [3.63, 3.8) is 0 Å². The van der Waals surface area contributed by atoms with Gasteiger partial charge in [0.2, 0.25) is 0 Å². The molecule has 0 aliphatic heterocycles. The minimum Gasteiger partial charge on any atom is -0.390 e. The van der Waals surface area contributed by atoms with Gasteiger partial charge in [-0.2, -0.15) is 0 Å². The molecule has 0 saturated heterocycles. The summed E-state index contributed by atoms with van der Waals surface area (Å²) < 4.78 is 0. The van der Waals surface area contributed by atoms with Gasteiger partial charge >= 0.3 is 0 Å². The summed E-state index contributed by atoms with van der Waals surface area (Å²) in [6.07, 6.45) is 1.17. The number of aliphatic hydroxyl groups is 1. The van der Waals surface area contributed by atoms with Crippen LogP contribution in [0.5, 0.6) is 0 Å². The minimum atomic E-state index is -0.513. The molecule has 3 N–H and O–H groups in total. The van der Waals surface area contributed by atoms with Crippen molar-refractivity contribution in [1.82, 2.24) is 4.90 Å². The molecule has 0 aliphatic carbocycles. The van der Waals surface area contributed by atoms with E-state index in [2.05, 4.69) is 29.2 Å². The van der Waals surface area contributed by atoms with Crippen molar-refractivity contribution in [2.45, 2.75) is 25.0 Å². The van der Waals surface area contributed by atoms with Crippen LogP contribution in [0.15, 0.2) is 60.7 Å². The summed E-state index contributed by atoms with van der Waals surface area (Å²) >= 11 is 0. The minimum absolute atomic E-state index is 0.235. The van der Waals surface area contributed by atoms with Crippen LogP contribution < -0.4 is 5.73 Å². The van der Waals surface area contributed by atoms with Gasteiger partial charge in [-0.1, -0.05) is 60.7 Å². The van der Waals surface area contributed by atoms with E-state index in [1.165, 1.54) is 11.1 Å².